The highest BCUT2D eigenvalue weighted by Crippen LogP contribution is 2.36. The van der Waals surface area contributed by atoms with Crippen LogP contribution in [-0.2, 0) is 23.8 Å². The van der Waals surface area contributed by atoms with Crippen molar-refractivity contribution in [2.45, 2.75) is 110 Å². The minimum Gasteiger partial charge on any atom is -0.457 e. The summed E-state index contributed by atoms with van der Waals surface area (Å²) in [7, 11) is 0. The lowest BCUT2D eigenvalue weighted by molar-refractivity contribution is -0.218. The molecule has 3 rings (SSSR count). The molecule has 1 aromatic rings. The van der Waals surface area contributed by atoms with Crippen LogP contribution < -0.4 is 0 Å². The van der Waals surface area contributed by atoms with Gasteiger partial charge < -0.3 is 39.7 Å². The van der Waals surface area contributed by atoms with Crippen LogP contribution in [0.15, 0.2) is 23.1 Å². The fourth-order valence-corrected chi connectivity index (χ4v) is 6.15. The van der Waals surface area contributed by atoms with Crippen LogP contribution in [0.5, 0.6) is 0 Å². The van der Waals surface area contributed by atoms with E-state index in [0.29, 0.717) is 24.1 Å². The van der Waals surface area contributed by atoms with E-state index in [1.54, 1.807) is 26.8 Å². The van der Waals surface area contributed by atoms with Gasteiger partial charge in [0.05, 0.1) is 48.0 Å². The maximum Gasteiger partial charge on any atom is 0.309 e. The van der Waals surface area contributed by atoms with Crippen molar-refractivity contribution in [1.82, 2.24) is 4.98 Å². The molecular weight excluding hydrogens is 578 g/mol. The number of thiazole rings is 1. The smallest absolute Gasteiger partial charge is 0.309 e. The highest BCUT2D eigenvalue weighted by molar-refractivity contribution is 7.09. The lowest BCUT2D eigenvalue weighted by atomic mass is 9.72. The summed E-state index contributed by atoms with van der Waals surface area (Å²) in [4.78, 5) is 31.8. The molecule has 0 radical (unpaired) electrons. The number of esters is 1. The van der Waals surface area contributed by atoms with Gasteiger partial charge in [-0.05, 0) is 43.8 Å². The van der Waals surface area contributed by atoms with Crippen LogP contribution in [0.1, 0.15) is 70.5 Å². The Bertz CT molecular complexity index is 1130. The number of hydrogen-bond donors (Lipinski definition) is 5. The van der Waals surface area contributed by atoms with E-state index in [1.807, 2.05) is 31.4 Å². The molecule has 0 aliphatic carbocycles. The zero-order chi connectivity index (χ0) is 31.9. The molecule has 242 valence electrons. The fraction of sp³-hybridized carbons (Fsp3) is 0.710. The second-order valence-corrected chi connectivity index (χ2v) is 13.2. The minimum atomic E-state index is -1.54. The number of rotatable bonds is 6. The molecule has 1 saturated heterocycles. The van der Waals surface area contributed by atoms with Gasteiger partial charge in [-0.1, -0.05) is 39.8 Å². The fourth-order valence-electron chi connectivity index (χ4n) is 5.58. The summed E-state index contributed by atoms with van der Waals surface area (Å²) >= 11 is 1.46. The maximum absolute atomic E-state index is 13.9. The Morgan fingerprint density at radius 1 is 1.14 bits per heavy atom. The first-order chi connectivity index (χ1) is 20.3. The molecule has 0 saturated carbocycles. The highest BCUT2D eigenvalue weighted by atomic mass is 32.1. The Labute approximate surface area is 257 Å². The van der Waals surface area contributed by atoms with E-state index >= 15 is 0 Å². The third-order valence-corrected chi connectivity index (χ3v) is 9.28. The van der Waals surface area contributed by atoms with E-state index in [-0.39, 0.29) is 18.3 Å². The van der Waals surface area contributed by atoms with E-state index in [2.05, 4.69) is 4.98 Å². The number of carbonyl (C=O) groups is 2. The van der Waals surface area contributed by atoms with Crippen molar-refractivity contribution in [3.63, 3.8) is 0 Å². The van der Waals surface area contributed by atoms with Crippen molar-refractivity contribution < 1.29 is 49.3 Å². The summed E-state index contributed by atoms with van der Waals surface area (Å²) in [5.74, 6) is -2.04. The van der Waals surface area contributed by atoms with Crippen molar-refractivity contribution in [1.29, 1.82) is 0 Å². The number of aromatic nitrogens is 1. The van der Waals surface area contributed by atoms with Gasteiger partial charge in [0.2, 0.25) is 0 Å². The number of allylic oxidation sites excluding steroid dienone is 1. The molecule has 9 atom stereocenters. The molecule has 11 nitrogen and oxygen atoms in total. The van der Waals surface area contributed by atoms with Crippen molar-refractivity contribution in [2.75, 3.05) is 13.2 Å². The van der Waals surface area contributed by atoms with E-state index in [9.17, 15) is 35.1 Å². The molecule has 43 heavy (non-hydrogen) atoms. The molecule has 0 aromatic carbocycles. The number of cyclic esters (lactones) is 1. The van der Waals surface area contributed by atoms with Gasteiger partial charge in [-0.3, -0.25) is 9.59 Å². The standard InChI is InChI=1S/C31H47NO10S/c1-17-10-8-6-7-9-11-22(20(14-33)12-21-16-43-19(3)32-21)40-25(35)13-24(31(4,5)29(39)18(2)26(17)36)42-30-28(38)27(37)23(15-34)41-30/h7,9,12,16-18,22-24,26-28,30,33-34,36-38H,6,8,10-11,13-15H2,1-5H3. The van der Waals surface area contributed by atoms with Crippen LogP contribution in [0, 0.1) is 24.2 Å². The van der Waals surface area contributed by atoms with Crippen LogP contribution in [0.25, 0.3) is 6.08 Å². The van der Waals surface area contributed by atoms with Crippen molar-refractivity contribution in [3.8, 4) is 0 Å². The van der Waals surface area contributed by atoms with Crippen LogP contribution in [-0.4, -0.2) is 98.4 Å². The first kappa shape index (κ1) is 35.4. The van der Waals surface area contributed by atoms with E-state index in [4.69, 9.17) is 14.2 Å². The molecule has 0 bridgehead atoms. The zero-order valence-electron chi connectivity index (χ0n) is 25.6. The van der Waals surface area contributed by atoms with E-state index in [1.165, 1.54) is 11.3 Å². The number of Topliss-reactive ketones (excluding diaryl/α,β-unsaturated/α-hetero) is 1. The summed E-state index contributed by atoms with van der Waals surface area (Å²) in [5.41, 5.74) is -0.284. The number of carbonyl (C=O) groups excluding carboxylic acids is 2. The lowest BCUT2D eigenvalue weighted by Gasteiger charge is -2.38. The van der Waals surface area contributed by atoms with Gasteiger partial charge in [0, 0.05) is 17.7 Å². The van der Waals surface area contributed by atoms with Gasteiger partial charge in [-0.25, -0.2) is 4.98 Å². The lowest BCUT2D eigenvalue weighted by Crippen LogP contribution is -2.49. The Morgan fingerprint density at radius 3 is 2.47 bits per heavy atom. The predicted octanol–water partition coefficient (Wildman–Crippen LogP) is 2.31. The molecule has 2 aliphatic rings. The number of hydrogen-bond acceptors (Lipinski definition) is 12. The SMILES string of the molecule is Cc1nc(C=C(CO)C2CC=CCCCC(C)C(O)C(C)C(=O)C(C)(C)C(OC3OC(CO)C(O)C3O)CC(=O)O2)cs1. The number of ether oxygens (including phenoxy) is 3. The Morgan fingerprint density at radius 2 is 1.86 bits per heavy atom. The second kappa shape index (κ2) is 15.8. The van der Waals surface area contributed by atoms with Gasteiger partial charge in [-0.2, -0.15) is 0 Å². The number of ketones is 1. The van der Waals surface area contributed by atoms with Crippen LogP contribution in [0.2, 0.25) is 0 Å². The van der Waals surface area contributed by atoms with Gasteiger partial charge in [-0.15, -0.1) is 11.3 Å². The highest BCUT2D eigenvalue weighted by Gasteiger charge is 2.49. The molecule has 1 fully saturated rings. The Hall–Kier alpha value is -2.03. The number of aliphatic hydroxyl groups excluding tert-OH is 5. The van der Waals surface area contributed by atoms with Crippen LogP contribution in [0.4, 0.5) is 0 Å². The molecule has 12 heteroatoms. The van der Waals surface area contributed by atoms with Crippen molar-refractivity contribution >= 4 is 29.2 Å². The van der Waals surface area contributed by atoms with Crippen molar-refractivity contribution in [2.24, 2.45) is 17.3 Å². The third kappa shape index (κ3) is 9.01. The van der Waals surface area contributed by atoms with Gasteiger partial charge >= 0.3 is 5.97 Å². The summed E-state index contributed by atoms with van der Waals surface area (Å²) < 4.78 is 17.4. The Kier molecular flexibility index (Phi) is 13.0. The summed E-state index contributed by atoms with van der Waals surface area (Å²) in [6.07, 6.45) is -0.845. The molecular formula is C31H47NO10S. The average molecular weight is 626 g/mol. The molecule has 0 amide bonds. The van der Waals surface area contributed by atoms with E-state index in [0.717, 1.165) is 17.8 Å². The monoisotopic (exact) mass is 625 g/mol. The van der Waals surface area contributed by atoms with Gasteiger partial charge in [0.15, 0.2) is 6.29 Å². The first-order valence-electron chi connectivity index (χ1n) is 14.9. The molecule has 1 aromatic heterocycles. The topological polar surface area (TPSA) is 176 Å². The first-order valence-corrected chi connectivity index (χ1v) is 15.8. The molecule has 9 unspecified atom stereocenters. The number of nitrogens with zero attached hydrogens (tertiary/aromatic N) is 1. The van der Waals surface area contributed by atoms with Crippen molar-refractivity contribution in [3.05, 3.63) is 33.8 Å². The molecule has 5 N–H and O–H groups in total. The quantitative estimate of drug-likeness (QED) is 0.232. The average Bonchev–Trinajstić information content (AvgIpc) is 3.51. The van der Waals surface area contributed by atoms with Gasteiger partial charge in [0.1, 0.15) is 30.2 Å². The van der Waals surface area contributed by atoms with Gasteiger partial charge in [0.25, 0.3) is 0 Å². The van der Waals surface area contributed by atoms with Crippen LogP contribution in [0.3, 0.4) is 0 Å². The summed E-state index contributed by atoms with van der Waals surface area (Å²) in [5, 5.41) is 54.3. The molecule has 2 aliphatic heterocycles. The predicted molar refractivity (Wildman–Crippen MR) is 160 cm³/mol. The largest absolute Gasteiger partial charge is 0.457 e. The maximum atomic E-state index is 13.9. The summed E-state index contributed by atoms with van der Waals surface area (Å²) in [6, 6.07) is 0. The second-order valence-electron chi connectivity index (χ2n) is 12.2. The number of aryl methyl sites for hydroxylation is 1. The normalized spacial score (nSPS) is 35.2. The van der Waals surface area contributed by atoms with E-state index < -0.39 is 73.2 Å². The molecule has 0 spiro atoms. The molecule has 3 heterocycles. The van der Waals surface area contributed by atoms with Crippen LogP contribution >= 0.6 is 11.3 Å². The number of aliphatic hydroxyl groups is 5. The zero-order valence-corrected chi connectivity index (χ0v) is 26.4. The summed E-state index contributed by atoms with van der Waals surface area (Å²) in [6.45, 7) is 7.65. The third-order valence-electron chi connectivity index (χ3n) is 8.48. The Balaban J connectivity index is 1.97. The minimum absolute atomic E-state index is 0.168.